The van der Waals surface area contributed by atoms with Crippen molar-refractivity contribution in [1.29, 1.82) is 0 Å². The summed E-state index contributed by atoms with van der Waals surface area (Å²) in [6.45, 7) is 5.60. The molecule has 2 amide bonds. The molecular formula is C28H29N3O3. The third-order valence-corrected chi connectivity index (χ3v) is 6.83. The number of fused-ring (bicyclic) bond motifs is 2. The summed E-state index contributed by atoms with van der Waals surface area (Å²) in [7, 11) is 0. The highest BCUT2D eigenvalue weighted by molar-refractivity contribution is 5.94. The normalized spacial score (nSPS) is 18.5. The Morgan fingerprint density at radius 2 is 1.79 bits per heavy atom. The van der Waals surface area contributed by atoms with E-state index in [0.29, 0.717) is 32.5 Å². The number of benzene rings is 2. The molecule has 34 heavy (non-hydrogen) atoms. The molecule has 1 aromatic heterocycles. The van der Waals surface area contributed by atoms with Crippen molar-refractivity contribution in [1.82, 2.24) is 15.2 Å². The van der Waals surface area contributed by atoms with Gasteiger partial charge in [0.05, 0.1) is 5.60 Å². The summed E-state index contributed by atoms with van der Waals surface area (Å²) in [5, 5.41) is 2.99. The number of piperidine rings is 1. The van der Waals surface area contributed by atoms with Crippen LogP contribution < -0.4 is 5.32 Å². The molecule has 3 heterocycles. The number of likely N-dealkylation sites (tertiary alicyclic amines) is 1. The van der Waals surface area contributed by atoms with Crippen LogP contribution in [0.25, 0.3) is 0 Å². The number of carbonyl (C=O) groups is 2. The first-order valence-corrected chi connectivity index (χ1v) is 11.8. The van der Waals surface area contributed by atoms with Crippen LogP contribution in [0.3, 0.4) is 0 Å². The van der Waals surface area contributed by atoms with Gasteiger partial charge in [-0.1, -0.05) is 47.5 Å². The van der Waals surface area contributed by atoms with E-state index in [1.165, 1.54) is 0 Å². The molecule has 1 saturated heterocycles. The van der Waals surface area contributed by atoms with Gasteiger partial charge in [0, 0.05) is 37.6 Å². The molecule has 0 bridgehead atoms. The van der Waals surface area contributed by atoms with Crippen LogP contribution >= 0.6 is 0 Å². The maximum Gasteiger partial charge on any atom is 0.254 e. The number of pyridine rings is 1. The van der Waals surface area contributed by atoms with Crippen LogP contribution in [0.5, 0.6) is 0 Å². The van der Waals surface area contributed by atoms with Crippen LogP contribution in [0.2, 0.25) is 0 Å². The van der Waals surface area contributed by atoms with Gasteiger partial charge >= 0.3 is 0 Å². The summed E-state index contributed by atoms with van der Waals surface area (Å²) in [6.07, 6.45) is 4.12. The monoisotopic (exact) mass is 455 g/mol. The maximum atomic E-state index is 13.2. The van der Waals surface area contributed by atoms with E-state index >= 15 is 0 Å². The largest absolute Gasteiger partial charge is 0.352 e. The lowest BCUT2D eigenvalue weighted by Crippen LogP contribution is -2.45. The molecular weight excluding hydrogens is 426 g/mol. The summed E-state index contributed by atoms with van der Waals surface area (Å²) < 4.78 is 6.52. The van der Waals surface area contributed by atoms with Crippen LogP contribution in [-0.2, 0) is 21.7 Å². The van der Waals surface area contributed by atoms with E-state index in [4.69, 9.17) is 4.74 Å². The Bertz CT molecular complexity index is 1200. The minimum absolute atomic E-state index is 0.0543. The number of hydrogen-bond acceptors (Lipinski definition) is 4. The highest BCUT2D eigenvalue weighted by Gasteiger charge is 2.49. The summed E-state index contributed by atoms with van der Waals surface area (Å²) in [6, 6.07) is 17.7. The Kier molecular flexibility index (Phi) is 5.92. The molecule has 0 aliphatic carbocycles. The standard InChI is InChI=1S/C28H29N3O3/c1-19-14-20(2)16-22(15-19)27(33)31-12-9-28(10-13-31)24-8-4-3-7-23(24)25(34-28)26(32)30-18-21-6-5-11-29-17-21/h3-8,11,14-17,25H,9-10,12-13,18H2,1-2H3,(H,30,32)/t25-/m0/s1. The van der Waals surface area contributed by atoms with E-state index in [0.717, 1.165) is 33.4 Å². The predicted molar refractivity (Wildman–Crippen MR) is 129 cm³/mol. The van der Waals surface area contributed by atoms with Crippen LogP contribution in [0.15, 0.2) is 67.0 Å². The molecule has 2 aliphatic rings. The van der Waals surface area contributed by atoms with E-state index in [9.17, 15) is 9.59 Å². The second kappa shape index (κ2) is 9.03. The van der Waals surface area contributed by atoms with E-state index in [1.54, 1.807) is 12.4 Å². The van der Waals surface area contributed by atoms with E-state index in [2.05, 4.69) is 22.4 Å². The molecule has 5 rings (SSSR count). The van der Waals surface area contributed by atoms with Gasteiger partial charge in [-0.25, -0.2) is 0 Å². The van der Waals surface area contributed by atoms with Gasteiger partial charge in [-0.3, -0.25) is 14.6 Å². The molecule has 6 nitrogen and oxygen atoms in total. The number of aryl methyl sites for hydroxylation is 2. The highest BCUT2D eigenvalue weighted by Crippen LogP contribution is 2.49. The number of nitrogens with zero attached hydrogens (tertiary/aromatic N) is 2. The molecule has 0 unspecified atom stereocenters. The minimum Gasteiger partial charge on any atom is -0.352 e. The summed E-state index contributed by atoms with van der Waals surface area (Å²) >= 11 is 0. The lowest BCUT2D eigenvalue weighted by molar-refractivity contribution is -0.150. The quantitative estimate of drug-likeness (QED) is 0.640. The summed E-state index contributed by atoms with van der Waals surface area (Å²) in [5.74, 6) is -0.0967. The molecule has 0 saturated carbocycles. The van der Waals surface area contributed by atoms with Gasteiger partial charge in [0.15, 0.2) is 6.10 Å². The third kappa shape index (κ3) is 4.21. The zero-order chi connectivity index (χ0) is 23.7. The Morgan fingerprint density at radius 3 is 2.50 bits per heavy atom. The molecule has 174 valence electrons. The van der Waals surface area contributed by atoms with Gasteiger partial charge in [-0.05, 0) is 61.6 Å². The SMILES string of the molecule is Cc1cc(C)cc(C(=O)N2CCC3(CC2)O[C@H](C(=O)NCc2cccnc2)c2ccccc23)c1. The number of ether oxygens (including phenoxy) is 1. The fourth-order valence-corrected chi connectivity index (χ4v) is 5.21. The summed E-state index contributed by atoms with van der Waals surface area (Å²) in [5.41, 5.74) is 5.28. The average molecular weight is 456 g/mol. The van der Waals surface area contributed by atoms with Crippen molar-refractivity contribution in [3.8, 4) is 0 Å². The van der Waals surface area contributed by atoms with Crippen molar-refractivity contribution in [2.24, 2.45) is 0 Å². The first-order valence-electron chi connectivity index (χ1n) is 11.8. The molecule has 1 spiro atoms. The van der Waals surface area contributed by atoms with Crippen molar-refractivity contribution in [2.45, 2.75) is 44.9 Å². The highest BCUT2D eigenvalue weighted by atomic mass is 16.5. The minimum atomic E-state index is -0.658. The van der Waals surface area contributed by atoms with Crippen LogP contribution in [0, 0.1) is 13.8 Å². The molecule has 1 fully saturated rings. The number of hydrogen-bond donors (Lipinski definition) is 1. The van der Waals surface area contributed by atoms with Crippen molar-refractivity contribution >= 4 is 11.8 Å². The van der Waals surface area contributed by atoms with Gasteiger partial charge in [-0.15, -0.1) is 0 Å². The van der Waals surface area contributed by atoms with Gasteiger partial charge in [0.1, 0.15) is 0 Å². The fourth-order valence-electron chi connectivity index (χ4n) is 5.21. The number of amides is 2. The van der Waals surface area contributed by atoms with E-state index in [1.807, 2.05) is 61.2 Å². The van der Waals surface area contributed by atoms with Crippen molar-refractivity contribution in [3.63, 3.8) is 0 Å². The van der Waals surface area contributed by atoms with Crippen molar-refractivity contribution < 1.29 is 14.3 Å². The number of nitrogens with one attached hydrogen (secondary N) is 1. The van der Waals surface area contributed by atoms with Crippen LogP contribution in [0.1, 0.15) is 57.1 Å². The smallest absolute Gasteiger partial charge is 0.254 e. The van der Waals surface area contributed by atoms with Crippen LogP contribution in [0.4, 0.5) is 0 Å². The number of rotatable bonds is 4. The summed E-state index contributed by atoms with van der Waals surface area (Å²) in [4.78, 5) is 32.3. The molecule has 3 aromatic rings. The van der Waals surface area contributed by atoms with Gasteiger partial charge < -0.3 is 15.0 Å². The molecule has 1 N–H and O–H groups in total. The van der Waals surface area contributed by atoms with Crippen molar-refractivity contribution in [3.05, 3.63) is 100 Å². The van der Waals surface area contributed by atoms with Gasteiger partial charge in [0.25, 0.3) is 11.8 Å². The topological polar surface area (TPSA) is 71.5 Å². The lowest BCUT2D eigenvalue weighted by atomic mass is 9.83. The number of aromatic nitrogens is 1. The van der Waals surface area contributed by atoms with E-state index < -0.39 is 11.7 Å². The number of carbonyl (C=O) groups excluding carboxylic acids is 2. The zero-order valence-electron chi connectivity index (χ0n) is 19.6. The second-order valence-corrected chi connectivity index (χ2v) is 9.33. The Balaban J connectivity index is 1.30. The maximum absolute atomic E-state index is 13.2. The lowest BCUT2D eigenvalue weighted by Gasteiger charge is -2.39. The average Bonchev–Trinajstić information content (AvgIpc) is 3.17. The van der Waals surface area contributed by atoms with E-state index in [-0.39, 0.29) is 11.8 Å². The fraction of sp³-hybridized carbons (Fsp3) is 0.321. The first-order chi connectivity index (χ1) is 16.4. The molecule has 1 atom stereocenters. The molecule has 2 aromatic carbocycles. The Hall–Kier alpha value is -3.51. The van der Waals surface area contributed by atoms with Gasteiger partial charge in [0.2, 0.25) is 0 Å². The van der Waals surface area contributed by atoms with Crippen molar-refractivity contribution in [2.75, 3.05) is 13.1 Å². The molecule has 0 radical (unpaired) electrons. The third-order valence-electron chi connectivity index (χ3n) is 6.83. The molecule has 2 aliphatic heterocycles. The van der Waals surface area contributed by atoms with Gasteiger partial charge in [-0.2, -0.15) is 0 Å². The molecule has 6 heteroatoms. The zero-order valence-corrected chi connectivity index (χ0v) is 19.6. The first kappa shape index (κ1) is 22.3. The Labute approximate surface area is 200 Å². The van der Waals surface area contributed by atoms with Crippen LogP contribution in [-0.4, -0.2) is 34.8 Å². The Morgan fingerprint density at radius 1 is 1.06 bits per heavy atom. The predicted octanol–water partition coefficient (Wildman–Crippen LogP) is 4.22. The second-order valence-electron chi connectivity index (χ2n) is 9.33.